The highest BCUT2D eigenvalue weighted by Crippen LogP contribution is 2.29. The predicted octanol–water partition coefficient (Wildman–Crippen LogP) is 2.56. The van der Waals surface area contributed by atoms with E-state index in [9.17, 15) is 4.79 Å². The van der Waals surface area contributed by atoms with Gasteiger partial charge in [0.15, 0.2) is 0 Å². The number of hydrogen-bond donors (Lipinski definition) is 1. The second kappa shape index (κ2) is 5.76. The molecule has 0 saturated heterocycles. The minimum absolute atomic E-state index is 0.245. The number of rotatable bonds is 3. The summed E-state index contributed by atoms with van der Waals surface area (Å²) in [5.74, 6) is -0.246. The van der Waals surface area contributed by atoms with E-state index in [0.29, 0.717) is 12.1 Å². The summed E-state index contributed by atoms with van der Waals surface area (Å²) >= 11 is 11.7. The highest BCUT2D eigenvalue weighted by molar-refractivity contribution is 6.39. The largest absolute Gasteiger partial charge is 0.396 e. The van der Waals surface area contributed by atoms with Crippen molar-refractivity contribution in [3.8, 4) is 6.07 Å². The molecule has 0 aliphatic rings. The zero-order valence-corrected chi connectivity index (χ0v) is 10.7. The van der Waals surface area contributed by atoms with E-state index < -0.39 is 0 Å². The molecule has 0 atom stereocenters. The van der Waals surface area contributed by atoms with Crippen LogP contribution in [-0.2, 0) is 0 Å². The maximum absolute atomic E-state index is 11.9. The van der Waals surface area contributed by atoms with Crippen LogP contribution in [0, 0.1) is 11.3 Å². The molecule has 6 heteroatoms. The molecule has 0 unspecified atom stereocenters. The van der Waals surface area contributed by atoms with Crippen molar-refractivity contribution in [3.05, 3.63) is 27.7 Å². The maximum atomic E-state index is 11.9. The molecular weight excluding hydrogens is 261 g/mol. The van der Waals surface area contributed by atoms with Crippen LogP contribution in [0.5, 0.6) is 0 Å². The first kappa shape index (κ1) is 13.6. The van der Waals surface area contributed by atoms with E-state index >= 15 is 0 Å². The lowest BCUT2D eigenvalue weighted by Gasteiger charge is -2.16. The molecule has 1 rings (SSSR count). The van der Waals surface area contributed by atoms with Gasteiger partial charge in [-0.15, -0.1) is 0 Å². The molecule has 0 saturated carbocycles. The normalized spacial score (nSPS) is 9.76. The smallest absolute Gasteiger partial charge is 0.253 e. The Labute approximate surface area is 110 Å². The summed E-state index contributed by atoms with van der Waals surface area (Å²) in [6.45, 7) is 0.356. The number of anilines is 1. The number of benzene rings is 1. The van der Waals surface area contributed by atoms with Crippen molar-refractivity contribution in [2.75, 3.05) is 19.3 Å². The molecule has 1 amide bonds. The summed E-state index contributed by atoms with van der Waals surface area (Å²) in [6, 6.07) is 4.90. The number of hydrogen-bond acceptors (Lipinski definition) is 3. The first-order valence-corrected chi connectivity index (χ1v) is 5.60. The second-order valence-electron chi connectivity index (χ2n) is 3.49. The van der Waals surface area contributed by atoms with Gasteiger partial charge >= 0.3 is 0 Å². The lowest BCUT2D eigenvalue weighted by molar-refractivity contribution is 0.0798. The second-order valence-corrected chi connectivity index (χ2v) is 4.30. The molecule has 0 fully saturated rings. The predicted molar refractivity (Wildman–Crippen MR) is 68.1 cm³/mol. The zero-order chi connectivity index (χ0) is 13.0. The highest BCUT2D eigenvalue weighted by Gasteiger charge is 2.14. The fourth-order valence-corrected chi connectivity index (χ4v) is 1.73. The van der Waals surface area contributed by atoms with Crippen molar-refractivity contribution in [1.82, 2.24) is 4.90 Å². The molecule has 1 aromatic carbocycles. The molecule has 0 radical (unpaired) electrons. The molecule has 1 aromatic rings. The number of nitrogens with two attached hydrogens (primary N) is 1. The topological polar surface area (TPSA) is 70.1 Å². The standard InChI is InChI=1S/C11H11Cl2N3O/c1-16(4-2-3-14)11(17)7-5-8(12)10(15)9(13)6-7/h5-6H,2,4,15H2,1H3. The minimum Gasteiger partial charge on any atom is -0.396 e. The van der Waals surface area contributed by atoms with E-state index in [2.05, 4.69) is 0 Å². The summed E-state index contributed by atoms with van der Waals surface area (Å²) in [5.41, 5.74) is 6.19. The van der Waals surface area contributed by atoms with E-state index in [0.717, 1.165) is 0 Å². The number of nitriles is 1. The summed E-state index contributed by atoms with van der Waals surface area (Å²) in [5, 5.41) is 8.94. The van der Waals surface area contributed by atoms with Crippen LogP contribution in [-0.4, -0.2) is 24.4 Å². The van der Waals surface area contributed by atoms with Crippen molar-refractivity contribution < 1.29 is 4.79 Å². The number of halogens is 2. The van der Waals surface area contributed by atoms with Gasteiger partial charge in [-0.1, -0.05) is 23.2 Å². The summed E-state index contributed by atoms with van der Waals surface area (Å²) in [6.07, 6.45) is 0.276. The van der Waals surface area contributed by atoms with Crippen LogP contribution >= 0.6 is 23.2 Å². The van der Waals surface area contributed by atoms with E-state index in [1.54, 1.807) is 7.05 Å². The van der Waals surface area contributed by atoms with Crippen LogP contribution in [0.4, 0.5) is 5.69 Å². The number of nitrogens with zero attached hydrogens (tertiary/aromatic N) is 2. The molecule has 2 N–H and O–H groups in total. The van der Waals surface area contributed by atoms with Crippen molar-refractivity contribution in [2.45, 2.75) is 6.42 Å². The van der Waals surface area contributed by atoms with E-state index in [1.807, 2.05) is 6.07 Å². The Morgan fingerprint density at radius 3 is 2.47 bits per heavy atom. The van der Waals surface area contributed by atoms with E-state index in [1.165, 1.54) is 17.0 Å². The summed E-state index contributed by atoms with van der Waals surface area (Å²) < 4.78 is 0. The van der Waals surface area contributed by atoms with E-state index in [-0.39, 0.29) is 28.1 Å². The monoisotopic (exact) mass is 271 g/mol. The van der Waals surface area contributed by atoms with Crippen molar-refractivity contribution in [2.24, 2.45) is 0 Å². The van der Waals surface area contributed by atoms with Gasteiger partial charge in [0.25, 0.3) is 5.91 Å². The molecule has 0 aliphatic carbocycles. The molecule has 0 aromatic heterocycles. The zero-order valence-electron chi connectivity index (χ0n) is 9.20. The van der Waals surface area contributed by atoms with Crippen LogP contribution < -0.4 is 5.73 Å². The molecule has 17 heavy (non-hydrogen) atoms. The molecule has 0 heterocycles. The van der Waals surface area contributed by atoms with Crippen molar-refractivity contribution in [3.63, 3.8) is 0 Å². The van der Waals surface area contributed by atoms with Crippen LogP contribution in [0.2, 0.25) is 10.0 Å². The molecular formula is C11H11Cl2N3O. The summed E-state index contributed by atoms with van der Waals surface area (Å²) in [4.78, 5) is 13.4. The van der Waals surface area contributed by atoms with Crippen LogP contribution in [0.3, 0.4) is 0 Å². The molecule has 4 nitrogen and oxygen atoms in total. The number of amides is 1. The number of carbonyl (C=O) groups is 1. The number of carbonyl (C=O) groups excluding carboxylic acids is 1. The quantitative estimate of drug-likeness (QED) is 0.859. The maximum Gasteiger partial charge on any atom is 0.253 e. The van der Waals surface area contributed by atoms with Crippen molar-refractivity contribution in [1.29, 1.82) is 5.26 Å². The van der Waals surface area contributed by atoms with Gasteiger partial charge in [0.2, 0.25) is 0 Å². The van der Waals surface area contributed by atoms with Gasteiger partial charge in [0.1, 0.15) is 0 Å². The van der Waals surface area contributed by atoms with Crippen molar-refractivity contribution >= 4 is 34.8 Å². The Bertz CT molecular complexity index is 459. The van der Waals surface area contributed by atoms with Crippen LogP contribution in [0.25, 0.3) is 0 Å². The Kier molecular flexibility index (Phi) is 4.62. The summed E-state index contributed by atoms with van der Waals surface area (Å²) in [7, 11) is 1.61. The third-order valence-electron chi connectivity index (χ3n) is 2.23. The highest BCUT2D eigenvalue weighted by atomic mass is 35.5. The van der Waals surface area contributed by atoms with Gasteiger partial charge in [0, 0.05) is 19.2 Å². The van der Waals surface area contributed by atoms with Crippen LogP contribution in [0.15, 0.2) is 12.1 Å². The SMILES string of the molecule is CN(CCC#N)C(=O)c1cc(Cl)c(N)c(Cl)c1. The average molecular weight is 272 g/mol. The Balaban J connectivity index is 2.94. The first-order valence-electron chi connectivity index (χ1n) is 4.84. The Hall–Kier alpha value is -1.44. The Morgan fingerprint density at radius 1 is 1.47 bits per heavy atom. The molecule has 90 valence electrons. The molecule has 0 aliphatic heterocycles. The lowest BCUT2D eigenvalue weighted by Crippen LogP contribution is -2.27. The third-order valence-corrected chi connectivity index (χ3v) is 2.86. The van der Waals surface area contributed by atoms with Gasteiger partial charge < -0.3 is 10.6 Å². The van der Waals surface area contributed by atoms with Gasteiger partial charge in [-0.25, -0.2) is 0 Å². The van der Waals surface area contributed by atoms with Gasteiger partial charge in [-0.2, -0.15) is 5.26 Å². The molecule has 0 bridgehead atoms. The van der Waals surface area contributed by atoms with Gasteiger partial charge in [-0.3, -0.25) is 4.79 Å². The fourth-order valence-electron chi connectivity index (χ4n) is 1.25. The van der Waals surface area contributed by atoms with Crippen LogP contribution in [0.1, 0.15) is 16.8 Å². The van der Waals surface area contributed by atoms with Gasteiger partial charge in [-0.05, 0) is 12.1 Å². The third kappa shape index (κ3) is 3.26. The van der Waals surface area contributed by atoms with Gasteiger partial charge in [0.05, 0.1) is 28.2 Å². The fraction of sp³-hybridized carbons (Fsp3) is 0.273. The Morgan fingerprint density at radius 2 is 2.00 bits per heavy atom. The number of nitrogen functional groups attached to an aromatic ring is 1. The minimum atomic E-state index is -0.246. The average Bonchev–Trinajstić information content (AvgIpc) is 2.31. The van der Waals surface area contributed by atoms with E-state index in [4.69, 9.17) is 34.2 Å². The lowest BCUT2D eigenvalue weighted by atomic mass is 10.2. The molecule has 0 spiro atoms. The first-order chi connectivity index (χ1) is 7.97.